The van der Waals surface area contributed by atoms with E-state index >= 15 is 0 Å². The number of benzene rings is 1. The fourth-order valence-corrected chi connectivity index (χ4v) is 4.81. The van der Waals surface area contributed by atoms with E-state index in [4.69, 9.17) is 9.47 Å². The number of aryl methyl sites for hydroxylation is 1. The van der Waals surface area contributed by atoms with Gasteiger partial charge in [0.25, 0.3) is 0 Å². The normalized spacial score (nSPS) is 14.5. The molecule has 2 aromatic rings. The molecule has 1 aliphatic rings. The lowest BCUT2D eigenvalue weighted by Crippen LogP contribution is -2.22. The van der Waals surface area contributed by atoms with E-state index in [-0.39, 0.29) is 5.97 Å². The Morgan fingerprint density at radius 3 is 2.57 bits per heavy atom. The molecule has 3 rings (SSSR count). The Bertz CT molecular complexity index is 887. The first kappa shape index (κ1) is 21.1. The van der Waals surface area contributed by atoms with Crippen LogP contribution in [0.4, 0.5) is 0 Å². The van der Waals surface area contributed by atoms with E-state index in [1.54, 1.807) is 19.9 Å². The van der Waals surface area contributed by atoms with Crippen molar-refractivity contribution in [3.63, 3.8) is 0 Å². The van der Waals surface area contributed by atoms with E-state index in [9.17, 15) is 9.90 Å². The van der Waals surface area contributed by atoms with Gasteiger partial charge in [-0.2, -0.15) is 0 Å². The zero-order valence-electron chi connectivity index (χ0n) is 18.0. The molecule has 28 heavy (non-hydrogen) atoms. The first-order valence-corrected chi connectivity index (χ1v) is 13.8. The van der Waals surface area contributed by atoms with Gasteiger partial charge >= 0.3 is 5.97 Å². The highest BCUT2D eigenvalue weighted by Gasteiger charge is 2.31. The number of nitrogens with zero attached hydrogens (tertiary/aromatic N) is 1. The summed E-state index contributed by atoms with van der Waals surface area (Å²) >= 11 is 0. The molecule has 1 aliphatic carbocycles. The molecule has 154 valence electrons. The van der Waals surface area contributed by atoms with Crippen molar-refractivity contribution >= 4 is 24.9 Å². The molecule has 0 fully saturated rings. The molecule has 1 heterocycles. The molecule has 1 aromatic carbocycles. The van der Waals surface area contributed by atoms with E-state index in [2.05, 4.69) is 24.2 Å². The zero-order valence-corrected chi connectivity index (χ0v) is 19.0. The molecule has 5 nitrogen and oxygen atoms in total. The second kappa shape index (κ2) is 7.65. The number of fused-ring (bicyclic) bond motifs is 3. The monoisotopic (exact) mass is 403 g/mol. The SMILES string of the molecule is COC(=O)c1ccc(C(C)(C)O)c2c1c1c(n2COCC[Si](C)(C)C)CCC1. The van der Waals surface area contributed by atoms with Crippen molar-refractivity contribution in [2.24, 2.45) is 0 Å². The average Bonchev–Trinajstić information content (AvgIpc) is 3.17. The highest BCUT2D eigenvalue weighted by atomic mass is 28.3. The molecule has 0 aliphatic heterocycles. The first-order chi connectivity index (χ1) is 13.0. The minimum Gasteiger partial charge on any atom is -0.465 e. The van der Waals surface area contributed by atoms with Crippen LogP contribution in [-0.2, 0) is 34.6 Å². The number of carbonyl (C=O) groups is 1. The van der Waals surface area contributed by atoms with Gasteiger partial charge in [-0.05, 0) is 50.8 Å². The number of ether oxygens (including phenoxy) is 2. The Morgan fingerprint density at radius 1 is 1.25 bits per heavy atom. The lowest BCUT2D eigenvalue weighted by molar-refractivity contribution is 0.0600. The van der Waals surface area contributed by atoms with Crippen molar-refractivity contribution in [3.05, 3.63) is 34.5 Å². The highest BCUT2D eigenvalue weighted by Crippen LogP contribution is 2.40. The van der Waals surface area contributed by atoms with Crippen LogP contribution in [0.25, 0.3) is 10.9 Å². The molecular formula is C22H33NO4Si. The lowest BCUT2D eigenvalue weighted by atomic mass is 9.92. The fourth-order valence-electron chi connectivity index (χ4n) is 4.06. The minimum atomic E-state index is -1.16. The summed E-state index contributed by atoms with van der Waals surface area (Å²) in [5.74, 6) is -0.334. The van der Waals surface area contributed by atoms with Crippen molar-refractivity contribution < 1.29 is 19.4 Å². The Balaban J connectivity index is 2.13. The number of methoxy groups -OCH3 is 1. The van der Waals surface area contributed by atoms with Crippen LogP contribution in [0.3, 0.4) is 0 Å². The number of carbonyl (C=O) groups excluding carboxylic acids is 1. The standard InChI is InChI=1S/C22H33NO4Si/c1-22(2,25)17-11-10-16(21(24)26-3)19-15-8-7-9-18(15)23(20(17)19)14-27-12-13-28(4,5)6/h10-11,25H,7-9,12-14H2,1-6H3. The molecule has 0 amide bonds. The van der Waals surface area contributed by atoms with Crippen molar-refractivity contribution in [3.8, 4) is 0 Å². The van der Waals surface area contributed by atoms with E-state index in [1.807, 2.05) is 6.07 Å². The van der Waals surface area contributed by atoms with Crippen molar-refractivity contribution in [2.75, 3.05) is 13.7 Å². The number of aliphatic hydroxyl groups is 1. The molecule has 0 atom stereocenters. The molecule has 1 aromatic heterocycles. The van der Waals surface area contributed by atoms with Gasteiger partial charge < -0.3 is 19.1 Å². The summed E-state index contributed by atoms with van der Waals surface area (Å²) in [6, 6.07) is 4.75. The number of esters is 1. The van der Waals surface area contributed by atoms with Crippen LogP contribution in [0.1, 0.15) is 47.4 Å². The first-order valence-electron chi connectivity index (χ1n) is 10.1. The van der Waals surface area contributed by atoms with Crippen LogP contribution < -0.4 is 0 Å². The Kier molecular flexibility index (Phi) is 5.76. The third-order valence-electron chi connectivity index (χ3n) is 5.55. The topological polar surface area (TPSA) is 60.7 Å². The summed E-state index contributed by atoms with van der Waals surface area (Å²) in [6.45, 7) is 11.8. The molecule has 0 saturated carbocycles. The zero-order chi connectivity index (χ0) is 20.7. The minimum absolute atomic E-state index is 0.334. The van der Waals surface area contributed by atoms with E-state index in [0.717, 1.165) is 48.4 Å². The summed E-state index contributed by atoms with van der Waals surface area (Å²) in [5, 5.41) is 11.7. The predicted octanol–water partition coefficient (Wildman–Crippen LogP) is 4.46. The van der Waals surface area contributed by atoms with Crippen LogP contribution in [-0.4, -0.2) is 37.4 Å². The van der Waals surface area contributed by atoms with Gasteiger partial charge in [0.1, 0.15) is 6.73 Å². The van der Waals surface area contributed by atoms with E-state index in [0.29, 0.717) is 12.3 Å². The molecule has 0 spiro atoms. The quantitative estimate of drug-likeness (QED) is 0.421. The number of hydrogen-bond acceptors (Lipinski definition) is 4. The second-order valence-corrected chi connectivity index (χ2v) is 15.1. The van der Waals surface area contributed by atoms with Crippen LogP contribution in [0.2, 0.25) is 25.7 Å². The van der Waals surface area contributed by atoms with Gasteiger partial charge in [-0.25, -0.2) is 4.79 Å². The maximum absolute atomic E-state index is 12.4. The van der Waals surface area contributed by atoms with Crippen molar-refractivity contribution in [1.29, 1.82) is 0 Å². The van der Waals surface area contributed by atoms with Gasteiger partial charge in [-0.1, -0.05) is 25.7 Å². The predicted molar refractivity (Wildman–Crippen MR) is 115 cm³/mol. The van der Waals surface area contributed by atoms with Crippen LogP contribution in [0.15, 0.2) is 12.1 Å². The van der Waals surface area contributed by atoms with Gasteiger partial charge in [0, 0.05) is 31.3 Å². The Hall–Kier alpha value is -1.63. The third kappa shape index (κ3) is 4.04. The summed E-state index contributed by atoms with van der Waals surface area (Å²) < 4.78 is 13.3. The summed E-state index contributed by atoms with van der Waals surface area (Å²) in [5.41, 5.74) is 3.71. The van der Waals surface area contributed by atoms with E-state index in [1.165, 1.54) is 18.4 Å². The lowest BCUT2D eigenvalue weighted by Gasteiger charge is -2.22. The van der Waals surface area contributed by atoms with Crippen LogP contribution in [0, 0.1) is 0 Å². The summed E-state index contributed by atoms with van der Waals surface area (Å²) in [6.07, 6.45) is 2.98. The fraction of sp³-hybridized carbons (Fsp3) is 0.591. The maximum Gasteiger partial charge on any atom is 0.338 e. The molecule has 0 bridgehead atoms. The van der Waals surface area contributed by atoms with Gasteiger partial charge in [0.15, 0.2) is 0 Å². The highest BCUT2D eigenvalue weighted by molar-refractivity contribution is 6.76. The van der Waals surface area contributed by atoms with E-state index < -0.39 is 13.7 Å². The Labute approximate surface area is 168 Å². The molecule has 0 unspecified atom stereocenters. The molecule has 0 saturated heterocycles. The van der Waals surface area contributed by atoms with Gasteiger partial charge in [0.2, 0.25) is 0 Å². The molecule has 6 heteroatoms. The third-order valence-corrected chi connectivity index (χ3v) is 7.25. The van der Waals surface area contributed by atoms with Crippen molar-refractivity contribution in [1.82, 2.24) is 4.57 Å². The van der Waals surface area contributed by atoms with Gasteiger partial charge in [0.05, 0.1) is 23.8 Å². The van der Waals surface area contributed by atoms with Crippen LogP contribution in [0.5, 0.6) is 0 Å². The average molecular weight is 404 g/mol. The summed E-state index contributed by atoms with van der Waals surface area (Å²) in [4.78, 5) is 12.4. The number of rotatable bonds is 7. The number of hydrogen-bond donors (Lipinski definition) is 1. The number of aromatic nitrogens is 1. The molecular weight excluding hydrogens is 370 g/mol. The largest absolute Gasteiger partial charge is 0.465 e. The Morgan fingerprint density at radius 2 is 1.96 bits per heavy atom. The van der Waals surface area contributed by atoms with Gasteiger partial charge in [-0.3, -0.25) is 0 Å². The summed E-state index contributed by atoms with van der Waals surface area (Å²) in [7, 11) is 0.253. The van der Waals surface area contributed by atoms with Crippen LogP contribution >= 0.6 is 0 Å². The molecule has 0 radical (unpaired) electrons. The molecule has 1 N–H and O–H groups in total. The van der Waals surface area contributed by atoms with Gasteiger partial charge in [-0.15, -0.1) is 0 Å². The maximum atomic E-state index is 12.4. The second-order valence-electron chi connectivity index (χ2n) is 9.49. The smallest absolute Gasteiger partial charge is 0.338 e. The van der Waals surface area contributed by atoms with Crippen molar-refractivity contribution in [2.45, 2.75) is 71.1 Å².